The lowest BCUT2D eigenvalue weighted by Gasteiger charge is -2.33. The standard InChI is InChI=1S/C14H21BrN2S/c1-4-14(5-2,6-3)17-10-7-8-11(13(16)18)12(15)9-10/h7-9,17H,4-6H2,1-3H3,(H2,16,18). The summed E-state index contributed by atoms with van der Waals surface area (Å²) in [7, 11) is 0. The predicted octanol–water partition coefficient (Wildman–Crippen LogP) is 4.46. The number of rotatable bonds is 6. The third kappa shape index (κ3) is 3.45. The fourth-order valence-corrected chi connectivity index (χ4v) is 3.02. The summed E-state index contributed by atoms with van der Waals surface area (Å²) in [5.74, 6) is 0. The Morgan fingerprint density at radius 3 is 2.22 bits per heavy atom. The van der Waals surface area contributed by atoms with Crippen LogP contribution in [0.2, 0.25) is 0 Å². The smallest absolute Gasteiger partial charge is 0.105 e. The van der Waals surface area contributed by atoms with Crippen molar-refractivity contribution in [2.75, 3.05) is 5.32 Å². The maximum Gasteiger partial charge on any atom is 0.105 e. The van der Waals surface area contributed by atoms with Gasteiger partial charge in [-0.3, -0.25) is 0 Å². The van der Waals surface area contributed by atoms with Gasteiger partial charge in [0.15, 0.2) is 0 Å². The van der Waals surface area contributed by atoms with Crippen molar-refractivity contribution in [3.8, 4) is 0 Å². The Morgan fingerprint density at radius 2 is 1.83 bits per heavy atom. The number of hydrogen-bond donors (Lipinski definition) is 2. The fraction of sp³-hybridized carbons (Fsp3) is 0.500. The first-order chi connectivity index (χ1) is 8.48. The van der Waals surface area contributed by atoms with Crippen LogP contribution in [-0.2, 0) is 0 Å². The van der Waals surface area contributed by atoms with Crippen molar-refractivity contribution in [3.63, 3.8) is 0 Å². The lowest BCUT2D eigenvalue weighted by molar-refractivity contribution is 0.420. The number of benzene rings is 1. The van der Waals surface area contributed by atoms with E-state index in [4.69, 9.17) is 18.0 Å². The topological polar surface area (TPSA) is 38.0 Å². The molecule has 0 saturated heterocycles. The van der Waals surface area contributed by atoms with Crippen molar-refractivity contribution >= 4 is 38.8 Å². The Morgan fingerprint density at radius 1 is 1.28 bits per heavy atom. The molecule has 0 fully saturated rings. The number of halogens is 1. The molecule has 0 aliphatic carbocycles. The first kappa shape index (κ1) is 15.4. The highest BCUT2D eigenvalue weighted by Crippen LogP contribution is 2.28. The van der Waals surface area contributed by atoms with Crippen LogP contribution in [0.1, 0.15) is 45.6 Å². The zero-order valence-corrected chi connectivity index (χ0v) is 13.6. The third-order valence-electron chi connectivity index (χ3n) is 3.67. The van der Waals surface area contributed by atoms with Gasteiger partial charge in [-0.1, -0.05) is 33.0 Å². The van der Waals surface area contributed by atoms with E-state index in [0.29, 0.717) is 4.99 Å². The first-order valence-corrected chi connectivity index (χ1v) is 7.55. The minimum absolute atomic E-state index is 0.171. The lowest BCUT2D eigenvalue weighted by atomic mass is 9.89. The number of nitrogens with two attached hydrogens (primary N) is 1. The van der Waals surface area contributed by atoms with E-state index in [1.807, 2.05) is 18.2 Å². The molecule has 0 spiro atoms. The van der Waals surface area contributed by atoms with E-state index < -0.39 is 0 Å². The van der Waals surface area contributed by atoms with Gasteiger partial charge < -0.3 is 11.1 Å². The van der Waals surface area contributed by atoms with Crippen LogP contribution in [0.5, 0.6) is 0 Å². The van der Waals surface area contributed by atoms with E-state index in [0.717, 1.165) is 35.0 Å². The van der Waals surface area contributed by atoms with Crippen LogP contribution in [0.3, 0.4) is 0 Å². The second kappa shape index (κ2) is 6.53. The second-order valence-electron chi connectivity index (χ2n) is 4.52. The molecule has 18 heavy (non-hydrogen) atoms. The Bertz CT molecular complexity index is 420. The molecule has 0 bridgehead atoms. The van der Waals surface area contributed by atoms with E-state index >= 15 is 0 Å². The Labute approximate surface area is 123 Å². The molecular weight excluding hydrogens is 308 g/mol. The van der Waals surface area contributed by atoms with Gasteiger partial charge in [0.05, 0.1) is 0 Å². The number of thiocarbonyl (C=S) groups is 1. The van der Waals surface area contributed by atoms with Gasteiger partial charge in [0.1, 0.15) is 4.99 Å². The number of nitrogens with one attached hydrogen (secondary N) is 1. The largest absolute Gasteiger partial charge is 0.389 e. The van der Waals surface area contributed by atoms with Gasteiger partial charge in [-0.25, -0.2) is 0 Å². The molecule has 0 saturated carbocycles. The SMILES string of the molecule is CCC(CC)(CC)Nc1ccc(C(N)=S)c(Br)c1. The molecular formula is C14H21BrN2S. The minimum Gasteiger partial charge on any atom is -0.389 e. The maximum atomic E-state index is 5.65. The van der Waals surface area contributed by atoms with Crippen LogP contribution in [0, 0.1) is 0 Å². The summed E-state index contributed by atoms with van der Waals surface area (Å²) < 4.78 is 0.942. The molecule has 1 rings (SSSR count). The molecule has 0 aliphatic rings. The van der Waals surface area contributed by atoms with E-state index in [9.17, 15) is 0 Å². The average molecular weight is 329 g/mol. The van der Waals surface area contributed by atoms with Crippen molar-refractivity contribution in [1.29, 1.82) is 0 Å². The van der Waals surface area contributed by atoms with Gasteiger partial charge in [-0.15, -0.1) is 0 Å². The quantitative estimate of drug-likeness (QED) is 0.757. The van der Waals surface area contributed by atoms with Crippen LogP contribution in [0.25, 0.3) is 0 Å². The lowest BCUT2D eigenvalue weighted by Crippen LogP contribution is -2.36. The van der Waals surface area contributed by atoms with Gasteiger partial charge in [0, 0.05) is 21.3 Å². The van der Waals surface area contributed by atoms with Gasteiger partial charge in [-0.05, 0) is 53.4 Å². The van der Waals surface area contributed by atoms with Gasteiger partial charge >= 0.3 is 0 Å². The maximum absolute atomic E-state index is 5.65. The zero-order chi connectivity index (χ0) is 13.8. The van der Waals surface area contributed by atoms with Crippen LogP contribution >= 0.6 is 28.1 Å². The highest BCUT2D eigenvalue weighted by Gasteiger charge is 2.23. The van der Waals surface area contributed by atoms with Gasteiger partial charge in [-0.2, -0.15) is 0 Å². The molecule has 0 radical (unpaired) electrons. The molecule has 100 valence electrons. The van der Waals surface area contributed by atoms with Crippen molar-refractivity contribution in [1.82, 2.24) is 0 Å². The summed E-state index contributed by atoms with van der Waals surface area (Å²) in [6.45, 7) is 6.66. The Hall–Kier alpha value is -0.610. The summed E-state index contributed by atoms with van der Waals surface area (Å²) in [4.78, 5) is 0.418. The first-order valence-electron chi connectivity index (χ1n) is 6.35. The summed E-state index contributed by atoms with van der Waals surface area (Å²) in [5.41, 5.74) is 7.81. The van der Waals surface area contributed by atoms with Crippen molar-refractivity contribution in [2.45, 2.75) is 45.6 Å². The number of hydrogen-bond acceptors (Lipinski definition) is 2. The van der Waals surface area contributed by atoms with E-state index in [1.165, 1.54) is 0 Å². The molecule has 0 heterocycles. The molecule has 0 aromatic heterocycles. The molecule has 0 amide bonds. The zero-order valence-electron chi connectivity index (χ0n) is 11.2. The fourth-order valence-electron chi connectivity index (χ4n) is 2.11. The van der Waals surface area contributed by atoms with Crippen LogP contribution in [0.4, 0.5) is 5.69 Å². The minimum atomic E-state index is 0.171. The average Bonchev–Trinajstić information content (AvgIpc) is 2.36. The monoisotopic (exact) mass is 328 g/mol. The van der Waals surface area contributed by atoms with E-state index in [-0.39, 0.29) is 5.54 Å². The predicted molar refractivity (Wildman–Crippen MR) is 87.3 cm³/mol. The molecule has 3 N–H and O–H groups in total. The van der Waals surface area contributed by atoms with Gasteiger partial charge in [0.25, 0.3) is 0 Å². The molecule has 0 aliphatic heterocycles. The second-order valence-corrected chi connectivity index (χ2v) is 5.82. The van der Waals surface area contributed by atoms with E-state index in [1.54, 1.807) is 0 Å². The summed E-state index contributed by atoms with van der Waals surface area (Å²) in [5, 5.41) is 3.63. The summed E-state index contributed by atoms with van der Waals surface area (Å²) in [6, 6.07) is 6.04. The highest BCUT2D eigenvalue weighted by atomic mass is 79.9. The Balaban J connectivity index is 2.98. The third-order valence-corrected chi connectivity index (χ3v) is 4.55. The molecule has 0 atom stereocenters. The molecule has 2 nitrogen and oxygen atoms in total. The molecule has 1 aromatic rings. The van der Waals surface area contributed by atoms with Crippen molar-refractivity contribution in [2.24, 2.45) is 5.73 Å². The normalized spacial score (nSPS) is 11.3. The Kier molecular flexibility index (Phi) is 5.60. The van der Waals surface area contributed by atoms with Crippen LogP contribution < -0.4 is 11.1 Å². The molecule has 4 heteroatoms. The van der Waals surface area contributed by atoms with Crippen molar-refractivity contribution < 1.29 is 0 Å². The van der Waals surface area contributed by atoms with Gasteiger partial charge in [0.2, 0.25) is 0 Å². The summed E-state index contributed by atoms with van der Waals surface area (Å²) >= 11 is 8.51. The van der Waals surface area contributed by atoms with Crippen LogP contribution in [-0.4, -0.2) is 10.5 Å². The highest BCUT2D eigenvalue weighted by molar-refractivity contribution is 9.10. The van der Waals surface area contributed by atoms with E-state index in [2.05, 4.69) is 42.0 Å². The number of anilines is 1. The molecule has 1 aromatic carbocycles. The summed E-state index contributed by atoms with van der Waals surface area (Å²) in [6.07, 6.45) is 3.32. The van der Waals surface area contributed by atoms with Crippen molar-refractivity contribution in [3.05, 3.63) is 28.2 Å². The van der Waals surface area contributed by atoms with Crippen LogP contribution in [0.15, 0.2) is 22.7 Å². The molecule has 0 unspecified atom stereocenters.